The van der Waals surface area contributed by atoms with Crippen LogP contribution in [0.2, 0.25) is 0 Å². The zero-order valence-corrected chi connectivity index (χ0v) is 17.9. The maximum absolute atomic E-state index is 12.2. The van der Waals surface area contributed by atoms with Gasteiger partial charge in [0.05, 0.1) is 0 Å². The lowest BCUT2D eigenvalue weighted by molar-refractivity contribution is -0.125. The number of nitrogens with two attached hydrogens (primary N) is 1. The Balaban J connectivity index is 1.41. The topological polar surface area (TPSA) is 93.5 Å². The van der Waals surface area contributed by atoms with Gasteiger partial charge in [-0.3, -0.25) is 9.59 Å². The highest BCUT2D eigenvalue weighted by molar-refractivity contribution is 5.90. The molecule has 0 aromatic heterocycles. The van der Waals surface area contributed by atoms with E-state index in [0.717, 1.165) is 23.4 Å². The quantitative estimate of drug-likeness (QED) is 0.513. The normalized spacial score (nSPS) is 15.1. The lowest BCUT2D eigenvalue weighted by Crippen LogP contribution is -2.48. The van der Waals surface area contributed by atoms with Crippen molar-refractivity contribution in [3.8, 4) is 5.75 Å². The fraction of sp³-hybridized carbons (Fsp3) is 0.400. The van der Waals surface area contributed by atoms with Crippen molar-refractivity contribution in [2.45, 2.75) is 51.2 Å². The molecule has 2 amide bonds. The highest BCUT2D eigenvalue weighted by Crippen LogP contribution is 2.26. The molecule has 2 aromatic rings. The van der Waals surface area contributed by atoms with Crippen LogP contribution in [0.4, 0.5) is 5.69 Å². The van der Waals surface area contributed by atoms with Gasteiger partial charge in [0, 0.05) is 18.7 Å². The van der Waals surface area contributed by atoms with Gasteiger partial charge in [0.25, 0.3) is 0 Å². The molecule has 0 heterocycles. The Hall–Kier alpha value is -3.02. The van der Waals surface area contributed by atoms with Crippen LogP contribution < -0.4 is 21.1 Å². The van der Waals surface area contributed by atoms with Crippen molar-refractivity contribution in [1.82, 2.24) is 5.32 Å². The second-order valence-corrected chi connectivity index (χ2v) is 8.09. The molecule has 1 saturated carbocycles. The first-order valence-electron chi connectivity index (χ1n) is 11.0. The highest BCUT2D eigenvalue weighted by atomic mass is 16.5. The molecule has 0 aliphatic heterocycles. The Morgan fingerprint density at radius 2 is 1.74 bits per heavy atom. The van der Waals surface area contributed by atoms with E-state index in [1.165, 1.54) is 32.1 Å². The minimum atomic E-state index is -0.774. The number of benzene rings is 2. The first kappa shape index (κ1) is 22.7. The van der Waals surface area contributed by atoms with Crippen LogP contribution in [0, 0.1) is 12.3 Å². The summed E-state index contributed by atoms with van der Waals surface area (Å²) >= 11 is 0. The monoisotopic (exact) mass is 422 g/mol. The molecule has 0 spiro atoms. The molecule has 6 heteroatoms. The van der Waals surface area contributed by atoms with Gasteiger partial charge < -0.3 is 21.1 Å². The zero-order chi connectivity index (χ0) is 21.9. The van der Waals surface area contributed by atoms with E-state index in [-0.39, 0.29) is 12.5 Å². The Bertz CT molecular complexity index is 818. The van der Waals surface area contributed by atoms with E-state index < -0.39 is 11.9 Å². The van der Waals surface area contributed by atoms with E-state index in [1.54, 1.807) is 6.42 Å². The first-order valence-corrected chi connectivity index (χ1v) is 11.0. The predicted molar refractivity (Wildman–Crippen MR) is 122 cm³/mol. The number of carbonyl (C=O) groups excluding carboxylic acids is 2. The second-order valence-electron chi connectivity index (χ2n) is 8.09. The SMILES string of the molecule is NC(=O)C(CNc1ccc(OCc2ccccc2)cc1)NC(=O)[CH]CC1CCCCC1. The second kappa shape index (κ2) is 12.0. The number of anilines is 1. The van der Waals surface area contributed by atoms with Crippen molar-refractivity contribution >= 4 is 17.5 Å². The van der Waals surface area contributed by atoms with E-state index in [2.05, 4.69) is 10.6 Å². The summed E-state index contributed by atoms with van der Waals surface area (Å²) < 4.78 is 5.78. The van der Waals surface area contributed by atoms with E-state index in [9.17, 15) is 9.59 Å². The molecule has 31 heavy (non-hydrogen) atoms. The van der Waals surface area contributed by atoms with Crippen molar-refractivity contribution in [2.75, 3.05) is 11.9 Å². The van der Waals surface area contributed by atoms with Crippen LogP contribution in [0.15, 0.2) is 54.6 Å². The smallest absolute Gasteiger partial charge is 0.241 e. The van der Waals surface area contributed by atoms with Crippen LogP contribution in [0.1, 0.15) is 44.1 Å². The molecule has 2 aromatic carbocycles. The predicted octanol–water partition coefficient (Wildman–Crippen LogP) is 3.82. The first-order chi connectivity index (χ1) is 15.1. The molecule has 4 N–H and O–H groups in total. The van der Waals surface area contributed by atoms with Crippen molar-refractivity contribution in [1.29, 1.82) is 0 Å². The maximum Gasteiger partial charge on any atom is 0.241 e. The van der Waals surface area contributed by atoms with Crippen molar-refractivity contribution in [3.05, 3.63) is 66.6 Å². The summed E-state index contributed by atoms with van der Waals surface area (Å²) in [5.74, 6) is 0.536. The fourth-order valence-electron chi connectivity index (χ4n) is 3.78. The van der Waals surface area contributed by atoms with Gasteiger partial charge in [-0.1, -0.05) is 62.4 Å². The summed E-state index contributed by atoms with van der Waals surface area (Å²) in [6.45, 7) is 0.726. The average molecular weight is 423 g/mol. The van der Waals surface area contributed by atoms with Crippen LogP contribution in [0.25, 0.3) is 0 Å². The zero-order valence-electron chi connectivity index (χ0n) is 17.9. The minimum Gasteiger partial charge on any atom is -0.489 e. The summed E-state index contributed by atoms with van der Waals surface area (Å²) in [7, 11) is 0. The van der Waals surface area contributed by atoms with E-state index >= 15 is 0 Å². The van der Waals surface area contributed by atoms with Crippen LogP contribution >= 0.6 is 0 Å². The van der Waals surface area contributed by atoms with E-state index in [0.29, 0.717) is 12.5 Å². The number of primary amides is 1. The molecule has 1 unspecified atom stereocenters. The van der Waals surface area contributed by atoms with Gasteiger partial charge in [0.1, 0.15) is 18.4 Å². The Morgan fingerprint density at radius 1 is 1.03 bits per heavy atom. The Labute approximate surface area is 184 Å². The van der Waals surface area contributed by atoms with Crippen molar-refractivity contribution in [2.24, 2.45) is 11.7 Å². The van der Waals surface area contributed by atoms with Gasteiger partial charge in [-0.15, -0.1) is 0 Å². The molecule has 1 aliphatic carbocycles. The molecule has 165 valence electrons. The molecule has 1 aliphatic rings. The van der Waals surface area contributed by atoms with Gasteiger partial charge in [0.15, 0.2) is 0 Å². The highest BCUT2D eigenvalue weighted by Gasteiger charge is 2.20. The molecule has 3 rings (SSSR count). The van der Waals surface area contributed by atoms with Crippen molar-refractivity contribution in [3.63, 3.8) is 0 Å². The number of ether oxygens (including phenoxy) is 1. The van der Waals surface area contributed by atoms with E-state index in [4.69, 9.17) is 10.5 Å². The number of carbonyl (C=O) groups is 2. The molecular formula is C25H32N3O3. The van der Waals surface area contributed by atoms with Gasteiger partial charge >= 0.3 is 0 Å². The average Bonchev–Trinajstić information content (AvgIpc) is 2.81. The molecule has 1 radical (unpaired) electrons. The van der Waals surface area contributed by atoms with Crippen LogP contribution in [0.3, 0.4) is 0 Å². The third kappa shape index (κ3) is 7.96. The standard InChI is InChI=1S/C25H32N3O3/c26-25(30)23(28-24(29)16-11-19-7-3-1-4-8-19)17-27-21-12-14-22(15-13-21)31-18-20-9-5-2-6-10-20/h2,5-6,9-10,12-16,19,23,27H,1,3-4,7-8,11,17-18H2,(H2,26,30)(H,28,29). The number of hydrogen-bond acceptors (Lipinski definition) is 4. The summed E-state index contributed by atoms with van der Waals surface area (Å²) in [6.07, 6.45) is 8.54. The number of hydrogen-bond donors (Lipinski definition) is 3. The molecule has 1 fully saturated rings. The fourth-order valence-corrected chi connectivity index (χ4v) is 3.78. The molecule has 0 bridgehead atoms. The number of nitrogens with one attached hydrogen (secondary N) is 2. The Morgan fingerprint density at radius 3 is 2.42 bits per heavy atom. The minimum absolute atomic E-state index is 0.225. The lowest BCUT2D eigenvalue weighted by Gasteiger charge is -2.22. The van der Waals surface area contributed by atoms with E-state index in [1.807, 2.05) is 54.6 Å². The van der Waals surface area contributed by atoms with Crippen LogP contribution in [-0.4, -0.2) is 24.4 Å². The van der Waals surface area contributed by atoms with Crippen molar-refractivity contribution < 1.29 is 14.3 Å². The maximum atomic E-state index is 12.2. The molecule has 1 atom stereocenters. The van der Waals surface area contributed by atoms with Gasteiger partial charge in [-0.2, -0.15) is 0 Å². The molecular weight excluding hydrogens is 390 g/mol. The van der Waals surface area contributed by atoms with Gasteiger partial charge in [0.2, 0.25) is 11.8 Å². The summed E-state index contributed by atoms with van der Waals surface area (Å²) in [6, 6.07) is 16.7. The van der Waals surface area contributed by atoms with Crippen LogP contribution in [-0.2, 0) is 16.2 Å². The summed E-state index contributed by atoms with van der Waals surface area (Å²) in [5.41, 5.74) is 7.40. The largest absolute Gasteiger partial charge is 0.489 e. The lowest BCUT2D eigenvalue weighted by atomic mass is 9.86. The number of amides is 2. The molecule has 6 nitrogen and oxygen atoms in total. The third-order valence-electron chi connectivity index (χ3n) is 5.63. The van der Waals surface area contributed by atoms with Gasteiger partial charge in [-0.05, 0) is 42.2 Å². The Kier molecular flexibility index (Phi) is 8.76. The summed E-state index contributed by atoms with van der Waals surface area (Å²) in [5, 5.41) is 5.87. The van der Waals surface area contributed by atoms with Gasteiger partial charge in [-0.25, -0.2) is 0 Å². The van der Waals surface area contributed by atoms with Crippen LogP contribution in [0.5, 0.6) is 5.75 Å². The summed E-state index contributed by atoms with van der Waals surface area (Å²) in [4.78, 5) is 24.0. The number of rotatable bonds is 11. The molecule has 0 saturated heterocycles. The third-order valence-corrected chi connectivity index (χ3v) is 5.63.